The van der Waals surface area contributed by atoms with Crippen molar-refractivity contribution in [1.82, 2.24) is 14.0 Å². The van der Waals surface area contributed by atoms with Crippen LogP contribution in [0.3, 0.4) is 0 Å². The first-order chi connectivity index (χ1) is 20.3. The fraction of sp³-hybridized carbons (Fsp3) is 1.00. The Labute approximate surface area is 272 Å². The fourth-order valence-corrected chi connectivity index (χ4v) is 10.7. The molecule has 3 heterocycles. The SMILES string of the molecule is Br[PH](N1CCCC1)(N1CCCC1)N1CCCC1.O=P(O)(O)F.O=P(O)(O)F.O=P(O)(O)F.O=P(O)(O)F.O=P(O)(O)F.O=P(O)(O)F. The molecular formula is C12H37BrF6N3O18P7. The third-order valence-electron chi connectivity index (χ3n) is 4.53. The van der Waals surface area contributed by atoms with Crippen molar-refractivity contribution < 1.29 is 111 Å². The predicted molar refractivity (Wildman–Crippen MR) is 159 cm³/mol. The Bertz CT molecular complexity index is 887. The monoisotopic (exact) mass is 921 g/mol. The van der Waals surface area contributed by atoms with Crippen LogP contribution >= 0.6 is 69.3 Å². The molecule has 0 spiro atoms. The van der Waals surface area contributed by atoms with Gasteiger partial charge in [-0.05, 0) is 0 Å². The second-order valence-corrected chi connectivity index (χ2v) is 20.3. The molecule has 0 aliphatic carbocycles. The Morgan fingerprint density at radius 1 is 0.362 bits per heavy atom. The number of hydrogen-bond donors (Lipinski definition) is 12. The molecule has 0 saturated carbocycles. The molecule has 0 bridgehead atoms. The molecular weight excluding hydrogens is 885 g/mol. The van der Waals surface area contributed by atoms with Gasteiger partial charge in [0, 0.05) is 0 Å². The molecule has 3 aliphatic rings. The second kappa shape index (κ2) is 24.5. The van der Waals surface area contributed by atoms with Crippen LogP contribution < -0.4 is 0 Å². The number of nitrogens with zero attached hydrogens (tertiary/aromatic N) is 3. The van der Waals surface area contributed by atoms with E-state index in [4.69, 9.17) is 86.1 Å². The molecule has 0 radical (unpaired) electrons. The molecule has 0 atom stereocenters. The van der Waals surface area contributed by atoms with E-state index in [2.05, 4.69) is 29.5 Å². The van der Waals surface area contributed by atoms with Crippen LogP contribution in [0.15, 0.2) is 0 Å². The standard InChI is InChI=1S/C12H25BrN3P.6FH2O3P/c13-17(14-7-1-2-8-14,15-9-3-4-10-15)16-11-5-6-12-16;6*1-5(2,3)4/h17H,1-12H2;6*(H2,2,3,4). The van der Waals surface area contributed by atoms with E-state index in [1.165, 1.54) is 77.8 Å². The van der Waals surface area contributed by atoms with Gasteiger partial charge in [-0.25, -0.2) is 27.4 Å². The van der Waals surface area contributed by atoms with Crippen LogP contribution in [0.5, 0.6) is 0 Å². The molecule has 0 aromatic rings. The number of rotatable bonds is 3. The summed E-state index contributed by atoms with van der Waals surface area (Å²) in [6, 6.07) is 0. The van der Waals surface area contributed by atoms with Gasteiger partial charge in [0.25, 0.3) is 0 Å². The maximum Gasteiger partial charge on any atom is 0.507 e. The molecule has 292 valence electrons. The van der Waals surface area contributed by atoms with E-state index >= 15 is 0 Å². The van der Waals surface area contributed by atoms with Crippen LogP contribution in [-0.4, -0.2) is 112 Å². The van der Waals surface area contributed by atoms with Crippen molar-refractivity contribution in [3.8, 4) is 0 Å². The summed E-state index contributed by atoms with van der Waals surface area (Å²) in [5, 5.41) is 0. The summed E-state index contributed by atoms with van der Waals surface area (Å²) in [6.07, 6.45) is 6.79. The van der Waals surface area contributed by atoms with Gasteiger partial charge >= 0.3 is 161 Å². The van der Waals surface area contributed by atoms with Crippen LogP contribution in [-0.2, 0) is 27.4 Å². The van der Waals surface area contributed by atoms with Crippen molar-refractivity contribution in [2.45, 2.75) is 38.5 Å². The molecule has 35 heteroatoms. The van der Waals surface area contributed by atoms with Crippen molar-refractivity contribution in [2.75, 3.05) is 39.3 Å². The summed E-state index contributed by atoms with van der Waals surface area (Å²) in [5.74, 6) is 0. The van der Waals surface area contributed by atoms with Gasteiger partial charge in [0.05, 0.1) is 0 Å². The first kappa shape index (κ1) is 55.0. The second-order valence-electron chi connectivity index (χ2n) is 8.47. The zero-order chi connectivity index (χ0) is 38.7. The van der Waals surface area contributed by atoms with E-state index in [0.717, 1.165) is 0 Å². The van der Waals surface area contributed by atoms with Crippen LogP contribution in [0.25, 0.3) is 0 Å². The molecule has 0 unspecified atom stereocenters. The smallest absolute Gasteiger partial charge is 0.299 e. The summed E-state index contributed by atoms with van der Waals surface area (Å²) < 4.78 is 123. The van der Waals surface area contributed by atoms with Crippen molar-refractivity contribution in [2.24, 2.45) is 0 Å². The average Bonchev–Trinajstić information content (AvgIpc) is 3.50. The minimum Gasteiger partial charge on any atom is -0.299 e. The largest absolute Gasteiger partial charge is 0.507 e. The molecule has 0 amide bonds. The van der Waals surface area contributed by atoms with E-state index < -0.39 is 53.9 Å². The van der Waals surface area contributed by atoms with Gasteiger partial charge in [0.1, 0.15) is 0 Å². The Morgan fingerprint density at radius 3 is 0.532 bits per heavy atom. The van der Waals surface area contributed by atoms with Gasteiger partial charge in [-0.15, -0.1) is 25.2 Å². The topological polar surface area (TPSA) is 355 Å². The predicted octanol–water partition coefficient (Wildman–Crippen LogP) is 3.37. The van der Waals surface area contributed by atoms with Crippen molar-refractivity contribution in [1.29, 1.82) is 0 Å². The average molecular weight is 922 g/mol. The Kier molecular flexibility index (Phi) is 28.7. The van der Waals surface area contributed by atoms with E-state index in [-0.39, 0.29) is 0 Å². The van der Waals surface area contributed by atoms with Crippen LogP contribution in [0, 0.1) is 0 Å². The van der Waals surface area contributed by atoms with Crippen LogP contribution in [0.1, 0.15) is 38.5 Å². The molecule has 0 aromatic carbocycles. The molecule has 21 nitrogen and oxygen atoms in total. The van der Waals surface area contributed by atoms with E-state index in [1.54, 1.807) is 0 Å². The summed E-state index contributed by atoms with van der Waals surface area (Å²) >= 11 is 4.28. The summed E-state index contributed by atoms with van der Waals surface area (Å²) in [4.78, 5) is 83.6. The van der Waals surface area contributed by atoms with E-state index in [0.29, 0.717) is 0 Å². The zero-order valence-corrected chi connectivity index (χ0v) is 31.4. The summed E-state index contributed by atoms with van der Waals surface area (Å²) in [7, 11) is -30.8. The molecule has 12 N–H and O–H groups in total. The molecule has 3 fully saturated rings. The van der Waals surface area contributed by atoms with Gasteiger partial charge in [-0.3, -0.25) is 58.7 Å². The minimum atomic E-state index is -5.14. The molecule has 47 heavy (non-hydrogen) atoms. The molecule has 3 aliphatic heterocycles. The van der Waals surface area contributed by atoms with E-state index in [1.807, 2.05) is 0 Å². The van der Waals surface area contributed by atoms with Crippen molar-refractivity contribution >= 4 is 69.3 Å². The minimum absolute atomic E-state index is 1.32. The van der Waals surface area contributed by atoms with Gasteiger partial charge in [0.15, 0.2) is 0 Å². The van der Waals surface area contributed by atoms with Gasteiger partial charge in [0.2, 0.25) is 0 Å². The summed E-state index contributed by atoms with van der Waals surface area (Å²) in [6.45, 7) is 7.94. The molecule has 3 saturated heterocycles. The van der Waals surface area contributed by atoms with Crippen molar-refractivity contribution in [3.63, 3.8) is 0 Å². The third-order valence-corrected chi connectivity index (χ3v) is 12.8. The quantitative estimate of drug-likeness (QED) is 0.143. The third kappa shape index (κ3) is 59.7. The van der Waals surface area contributed by atoms with Crippen LogP contribution in [0.2, 0.25) is 0 Å². The van der Waals surface area contributed by atoms with Gasteiger partial charge < -0.3 is 0 Å². The Morgan fingerprint density at radius 2 is 0.447 bits per heavy atom. The normalized spacial score (nSPS) is 18.5. The van der Waals surface area contributed by atoms with Crippen molar-refractivity contribution in [3.05, 3.63) is 0 Å². The molecule has 0 aromatic heterocycles. The summed E-state index contributed by atoms with van der Waals surface area (Å²) in [5.41, 5.74) is 0. The number of hydrogen-bond acceptors (Lipinski definition) is 9. The zero-order valence-electron chi connectivity index (χ0n) is 23.5. The van der Waals surface area contributed by atoms with Crippen LogP contribution in [0.4, 0.5) is 25.2 Å². The number of halogens is 7. The Balaban J connectivity index is -0.000000259. The van der Waals surface area contributed by atoms with Gasteiger partial charge in [-0.2, -0.15) is 0 Å². The van der Waals surface area contributed by atoms with Gasteiger partial charge in [-0.1, -0.05) is 0 Å². The maximum atomic E-state index is 10.4. The molecule has 3 rings (SSSR count). The fourth-order valence-electron chi connectivity index (χ4n) is 3.60. The maximum absolute atomic E-state index is 10.4. The Hall–Kier alpha value is 1.27. The first-order valence-corrected chi connectivity index (χ1v) is 24.9. The first-order valence-electron chi connectivity index (χ1n) is 11.8. The van der Waals surface area contributed by atoms with E-state index in [9.17, 15) is 25.2 Å².